The van der Waals surface area contributed by atoms with Gasteiger partial charge in [-0.1, -0.05) is 29.8 Å². The van der Waals surface area contributed by atoms with Crippen LogP contribution in [0.25, 0.3) is 0 Å². The lowest BCUT2D eigenvalue weighted by molar-refractivity contribution is 0.412. The van der Waals surface area contributed by atoms with E-state index in [1.807, 2.05) is 30.3 Å². The molecule has 0 heterocycles. The summed E-state index contributed by atoms with van der Waals surface area (Å²) in [6.45, 7) is 1.58. The smallest absolute Gasteiger partial charge is 0.166 e. The Morgan fingerprint density at radius 2 is 1.62 bits per heavy atom. The predicted octanol–water partition coefficient (Wildman–Crippen LogP) is 4.36. The van der Waals surface area contributed by atoms with Gasteiger partial charge in [0, 0.05) is 18.1 Å². The van der Waals surface area contributed by atoms with Crippen LogP contribution in [0, 0.1) is 0 Å². The third-order valence-corrected chi connectivity index (χ3v) is 4.69. The van der Waals surface area contributed by atoms with Crippen molar-refractivity contribution in [1.82, 2.24) is 10.6 Å². The van der Waals surface area contributed by atoms with E-state index in [-0.39, 0.29) is 0 Å². The van der Waals surface area contributed by atoms with Crippen molar-refractivity contribution in [3.8, 4) is 5.75 Å². The Bertz CT molecular complexity index is 679. The summed E-state index contributed by atoms with van der Waals surface area (Å²) in [6, 6.07) is 14.0. The fourth-order valence-electron chi connectivity index (χ4n) is 2.22. The summed E-state index contributed by atoms with van der Waals surface area (Å²) < 4.78 is 6.19. The molecule has 24 heavy (non-hydrogen) atoms. The number of halogens is 2. The molecule has 0 amide bonds. The zero-order valence-corrected chi connectivity index (χ0v) is 16.6. The molecule has 2 aromatic rings. The molecule has 0 saturated carbocycles. The van der Waals surface area contributed by atoms with E-state index in [0.29, 0.717) is 5.11 Å². The lowest BCUT2D eigenvalue weighted by Gasteiger charge is -2.11. The monoisotopic (exact) mass is 426 g/mol. The number of hydrogen-bond donors (Lipinski definition) is 2. The average Bonchev–Trinajstić information content (AvgIpc) is 2.57. The second-order valence-corrected chi connectivity index (χ2v) is 6.98. The zero-order valence-electron chi connectivity index (χ0n) is 13.4. The van der Waals surface area contributed by atoms with Crippen molar-refractivity contribution in [2.24, 2.45) is 0 Å². The summed E-state index contributed by atoms with van der Waals surface area (Å²) in [5.41, 5.74) is 2.46. The molecular formula is C18H20BrClN2OS. The Balaban J connectivity index is 1.66. The van der Waals surface area contributed by atoms with Crippen molar-refractivity contribution in [2.75, 3.05) is 20.2 Å². The number of benzene rings is 2. The first-order chi connectivity index (χ1) is 11.6. The first-order valence-electron chi connectivity index (χ1n) is 7.67. The molecule has 2 N–H and O–H groups in total. The van der Waals surface area contributed by atoms with Crippen LogP contribution >= 0.6 is 39.7 Å². The summed E-state index contributed by atoms with van der Waals surface area (Å²) in [4.78, 5) is 0. The molecule has 2 rings (SSSR count). The van der Waals surface area contributed by atoms with Crippen molar-refractivity contribution in [2.45, 2.75) is 12.8 Å². The number of thiocarbonyl (C=S) groups is 1. The quantitative estimate of drug-likeness (QED) is 0.643. The van der Waals surface area contributed by atoms with Gasteiger partial charge in [-0.05, 0) is 76.4 Å². The van der Waals surface area contributed by atoms with E-state index in [4.69, 9.17) is 28.6 Å². The van der Waals surface area contributed by atoms with Gasteiger partial charge in [0.2, 0.25) is 0 Å². The summed E-state index contributed by atoms with van der Waals surface area (Å²) in [5.74, 6) is 0.839. The van der Waals surface area contributed by atoms with Gasteiger partial charge < -0.3 is 15.4 Å². The number of hydrogen-bond acceptors (Lipinski definition) is 2. The van der Waals surface area contributed by atoms with Crippen LogP contribution in [0.4, 0.5) is 0 Å². The molecule has 0 radical (unpaired) electrons. The fourth-order valence-corrected chi connectivity index (χ4v) is 3.14. The van der Waals surface area contributed by atoms with Crippen LogP contribution in [0.3, 0.4) is 0 Å². The van der Waals surface area contributed by atoms with E-state index in [9.17, 15) is 0 Å². The molecule has 0 aliphatic carbocycles. The average molecular weight is 428 g/mol. The highest BCUT2D eigenvalue weighted by atomic mass is 79.9. The third kappa shape index (κ3) is 6.30. The van der Waals surface area contributed by atoms with Gasteiger partial charge in [0.05, 0.1) is 11.6 Å². The minimum absolute atomic E-state index is 0.677. The topological polar surface area (TPSA) is 33.3 Å². The van der Waals surface area contributed by atoms with Gasteiger partial charge in [-0.15, -0.1) is 0 Å². The lowest BCUT2D eigenvalue weighted by Crippen LogP contribution is -2.37. The Labute approximate surface area is 161 Å². The van der Waals surface area contributed by atoms with Crippen molar-refractivity contribution in [1.29, 1.82) is 0 Å². The van der Waals surface area contributed by atoms with Gasteiger partial charge in [-0.2, -0.15) is 0 Å². The van der Waals surface area contributed by atoms with Crippen molar-refractivity contribution >= 4 is 44.9 Å². The highest BCUT2D eigenvalue weighted by molar-refractivity contribution is 9.10. The highest BCUT2D eigenvalue weighted by Crippen LogP contribution is 2.25. The van der Waals surface area contributed by atoms with Crippen LogP contribution in [-0.2, 0) is 12.8 Å². The van der Waals surface area contributed by atoms with Gasteiger partial charge in [0.1, 0.15) is 5.75 Å². The van der Waals surface area contributed by atoms with E-state index in [2.05, 4.69) is 38.7 Å². The van der Waals surface area contributed by atoms with Gasteiger partial charge in [-0.25, -0.2) is 0 Å². The van der Waals surface area contributed by atoms with Crippen molar-refractivity contribution in [3.63, 3.8) is 0 Å². The largest absolute Gasteiger partial charge is 0.496 e. The zero-order chi connectivity index (χ0) is 17.4. The van der Waals surface area contributed by atoms with E-state index in [1.54, 1.807) is 7.11 Å². The maximum atomic E-state index is 5.87. The molecule has 6 heteroatoms. The van der Waals surface area contributed by atoms with Crippen LogP contribution in [0.2, 0.25) is 5.02 Å². The third-order valence-electron chi connectivity index (χ3n) is 3.53. The summed E-state index contributed by atoms with van der Waals surface area (Å²) >= 11 is 14.7. The SMILES string of the molecule is COc1ccc(CCNC(=S)NCCc2ccc(Cl)cc2)cc1Br. The van der Waals surface area contributed by atoms with E-state index < -0.39 is 0 Å². The van der Waals surface area contributed by atoms with E-state index in [1.165, 1.54) is 11.1 Å². The van der Waals surface area contributed by atoms with E-state index >= 15 is 0 Å². The van der Waals surface area contributed by atoms with Crippen molar-refractivity contribution < 1.29 is 4.74 Å². The minimum Gasteiger partial charge on any atom is -0.496 e. The standard InChI is InChI=1S/C18H20BrClN2OS/c1-23-17-7-4-14(12-16(17)19)9-11-22-18(24)21-10-8-13-2-5-15(20)6-3-13/h2-7,12H,8-11H2,1H3,(H2,21,22,24). The first kappa shape index (κ1) is 19.0. The number of nitrogens with one attached hydrogen (secondary N) is 2. The van der Waals surface area contributed by atoms with Crippen LogP contribution in [-0.4, -0.2) is 25.3 Å². The summed E-state index contributed by atoms with van der Waals surface area (Å²) in [6.07, 6.45) is 1.80. The molecule has 0 aromatic heterocycles. The predicted molar refractivity (Wildman–Crippen MR) is 108 cm³/mol. The van der Waals surface area contributed by atoms with Gasteiger partial charge in [0.25, 0.3) is 0 Å². The van der Waals surface area contributed by atoms with Crippen LogP contribution in [0.15, 0.2) is 46.9 Å². The molecule has 0 saturated heterocycles. The van der Waals surface area contributed by atoms with E-state index in [0.717, 1.165) is 41.2 Å². The molecule has 2 aromatic carbocycles. The van der Waals surface area contributed by atoms with Crippen LogP contribution < -0.4 is 15.4 Å². The molecule has 0 fully saturated rings. The highest BCUT2D eigenvalue weighted by Gasteiger charge is 2.02. The summed E-state index contributed by atoms with van der Waals surface area (Å²) in [7, 11) is 1.66. The molecule has 0 spiro atoms. The normalized spacial score (nSPS) is 10.3. The minimum atomic E-state index is 0.677. The molecule has 0 aliphatic heterocycles. The first-order valence-corrected chi connectivity index (χ1v) is 9.25. The van der Waals surface area contributed by atoms with Gasteiger partial charge in [-0.3, -0.25) is 0 Å². The van der Waals surface area contributed by atoms with Crippen molar-refractivity contribution in [3.05, 3.63) is 63.1 Å². The molecule has 0 unspecified atom stereocenters. The lowest BCUT2D eigenvalue weighted by atomic mass is 10.1. The molecule has 0 atom stereocenters. The molecule has 128 valence electrons. The molecule has 0 bridgehead atoms. The number of ether oxygens (including phenoxy) is 1. The number of rotatable bonds is 7. The maximum Gasteiger partial charge on any atom is 0.166 e. The second kappa shape index (κ2) is 9.87. The van der Waals surface area contributed by atoms with Gasteiger partial charge >= 0.3 is 0 Å². The Kier molecular flexibility index (Phi) is 7.82. The maximum absolute atomic E-state index is 5.87. The fraction of sp³-hybridized carbons (Fsp3) is 0.278. The summed E-state index contributed by atoms with van der Waals surface area (Å²) in [5, 5.41) is 7.88. The van der Waals surface area contributed by atoms with Crippen LogP contribution in [0.5, 0.6) is 5.75 Å². The Morgan fingerprint density at radius 1 is 1.04 bits per heavy atom. The second-order valence-electron chi connectivity index (χ2n) is 5.28. The Morgan fingerprint density at radius 3 is 2.21 bits per heavy atom. The van der Waals surface area contributed by atoms with Gasteiger partial charge in [0.15, 0.2) is 5.11 Å². The molecule has 3 nitrogen and oxygen atoms in total. The number of methoxy groups -OCH3 is 1. The Hall–Kier alpha value is -1.30. The molecule has 0 aliphatic rings. The van der Waals surface area contributed by atoms with Crippen LogP contribution in [0.1, 0.15) is 11.1 Å². The molecular weight excluding hydrogens is 408 g/mol.